The van der Waals surface area contributed by atoms with E-state index in [1.807, 2.05) is 4.90 Å². The van der Waals surface area contributed by atoms with Gasteiger partial charge in [0.25, 0.3) is 0 Å². The third-order valence-electron chi connectivity index (χ3n) is 5.65. The standard InChI is InChI=1S/C18H30N2O2/c1-14(2)7-8-17(21)20-11-9-18(10-12-20)13-16(19-22-18)15-5-3-4-6-15/h14-15H,3-13H2,1-2H3. The van der Waals surface area contributed by atoms with E-state index in [1.165, 1.54) is 31.4 Å². The molecule has 22 heavy (non-hydrogen) atoms. The first kappa shape index (κ1) is 15.8. The fourth-order valence-corrected chi connectivity index (χ4v) is 4.03. The molecule has 0 bridgehead atoms. The van der Waals surface area contributed by atoms with Gasteiger partial charge in [0.15, 0.2) is 0 Å². The number of carbonyl (C=O) groups is 1. The van der Waals surface area contributed by atoms with Crippen LogP contribution in [0.25, 0.3) is 0 Å². The van der Waals surface area contributed by atoms with E-state index in [1.54, 1.807) is 0 Å². The average molecular weight is 306 g/mol. The Morgan fingerprint density at radius 3 is 2.64 bits per heavy atom. The molecule has 2 fully saturated rings. The number of likely N-dealkylation sites (tertiary alicyclic amines) is 1. The molecule has 1 amide bonds. The highest BCUT2D eigenvalue weighted by molar-refractivity contribution is 5.88. The van der Waals surface area contributed by atoms with E-state index in [0.717, 1.165) is 38.8 Å². The number of oxime groups is 1. The topological polar surface area (TPSA) is 41.9 Å². The van der Waals surface area contributed by atoms with Crippen molar-refractivity contribution in [1.82, 2.24) is 4.90 Å². The summed E-state index contributed by atoms with van der Waals surface area (Å²) < 4.78 is 0. The van der Waals surface area contributed by atoms with E-state index < -0.39 is 0 Å². The zero-order valence-electron chi connectivity index (χ0n) is 14.1. The third-order valence-corrected chi connectivity index (χ3v) is 5.65. The Bertz CT molecular complexity index is 430. The lowest BCUT2D eigenvalue weighted by atomic mass is 9.83. The molecule has 4 nitrogen and oxygen atoms in total. The summed E-state index contributed by atoms with van der Waals surface area (Å²) >= 11 is 0. The molecule has 1 spiro atoms. The Morgan fingerprint density at radius 1 is 1.32 bits per heavy atom. The molecule has 2 aliphatic heterocycles. The first-order valence-corrected chi connectivity index (χ1v) is 9.11. The highest BCUT2D eigenvalue weighted by Gasteiger charge is 2.44. The molecule has 3 rings (SSSR count). The van der Waals surface area contributed by atoms with Gasteiger partial charge in [-0.05, 0) is 25.2 Å². The van der Waals surface area contributed by atoms with E-state index in [0.29, 0.717) is 24.2 Å². The number of carbonyl (C=O) groups excluding carboxylic acids is 1. The minimum Gasteiger partial charge on any atom is -0.389 e. The van der Waals surface area contributed by atoms with E-state index in [2.05, 4.69) is 19.0 Å². The molecule has 1 saturated heterocycles. The predicted molar refractivity (Wildman–Crippen MR) is 87.7 cm³/mol. The highest BCUT2D eigenvalue weighted by Crippen LogP contribution is 2.39. The molecule has 4 heteroatoms. The molecule has 0 N–H and O–H groups in total. The first-order chi connectivity index (χ1) is 10.6. The Labute approximate surface area is 134 Å². The lowest BCUT2D eigenvalue weighted by molar-refractivity contribution is -0.137. The maximum absolute atomic E-state index is 12.2. The summed E-state index contributed by atoms with van der Waals surface area (Å²) in [6.07, 6.45) is 9.84. The van der Waals surface area contributed by atoms with Crippen molar-refractivity contribution in [2.75, 3.05) is 13.1 Å². The second-order valence-corrected chi connectivity index (χ2v) is 7.83. The summed E-state index contributed by atoms with van der Waals surface area (Å²) in [5.74, 6) is 1.59. The molecule has 0 radical (unpaired) electrons. The molecule has 0 unspecified atom stereocenters. The molecular formula is C18H30N2O2. The van der Waals surface area contributed by atoms with Crippen LogP contribution in [-0.2, 0) is 9.63 Å². The van der Waals surface area contributed by atoms with Crippen LogP contribution in [0.4, 0.5) is 0 Å². The predicted octanol–water partition coefficient (Wildman–Crippen LogP) is 3.75. The minimum atomic E-state index is -0.0905. The number of nitrogens with zero attached hydrogens (tertiary/aromatic N) is 2. The minimum absolute atomic E-state index is 0.0905. The summed E-state index contributed by atoms with van der Waals surface area (Å²) in [5, 5.41) is 4.44. The summed E-state index contributed by atoms with van der Waals surface area (Å²) in [4.78, 5) is 20.2. The zero-order chi connectivity index (χ0) is 15.6. The van der Waals surface area contributed by atoms with Gasteiger partial charge in [0.05, 0.1) is 5.71 Å². The maximum Gasteiger partial charge on any atom is 0.222 e. The van der Waals surface area contributed by atoms with Crippen LogP contribution >= 0.6 is 0 Å². The van der Waals surface area contributed by atoms with Gasteiger partial charge in [-0.1, -0.05) is 31.8 Å². The zero-order valence-corrected chi connectivity index (χ0v) is 14.1. The second-order valence-electron chi connectivity index (χ2n) is 7.83. The van der Waals surface area contributed by atoms with Crippen LogP contribution in [0.15, 0.2) is 5.16 Å². The fourth-order valence-electron chi connectivity index (χ4n) is 4.03. The van der Waals surface area contributed by atoms with Crippen LogP contribution < -0.4 is 0 Å². The van der Waals surface area contributed by atoms with Gasteiger partial charge in [-0.3, -0.25) is 4.79 Å². The van der Waals surface area contributed by atoms with Crippen LogP contribution in [0, 0.1) is 11.8 Å². The van der Waals surface area contributed by atoms with Gasteiger partial charge in [0.2, 0.25) is 5.91 Å². The molecule has 0 aromatic heterocycles. The van der Waals surface area contributed by atoms with Crippen molar-refractivity contribution >= 4 is 11.6 Å². The van der Waals surface area contributed by atoms with Gasteiger partial charge in [-0.25, -0.2) is 0 Å². The van der Waals surface area contributed by atoms with Crippen LogP contribution in [0.3, 0.4) is 0 Å². The molecule has 2 heterocycles. The average Bonchev–Trinajstić information content (AvgIpc) is 3.15. The van der Waals surface area contributed by atoms with Crippen LogP contribution in [-0.4, -0.2) is 35.2 Å². The van der Waals surface area contributed by atoms with Crippen molar-refractivity contribution in [3.63, 3.8) is 0 Å². The largest absolute Gasteiger partial charge is 0.389 e. The van der Waals surface area contributed by atoms with E-state index >= 15 is 0 Å². The first-order valence-electron chi connectivity index (χ1n) is 9.11. The normalized spacial score (nSPS) is 24.9. The molecule has 124 valence electrons. The molecule has 0 aromatic rings. The van der Waals surface area contributed by atoms with E-state index in [4.69, 9.17) is 4.84 Å². The maximum atomic E-state index is 12.2. The van der Waals surface area contributed by atoms with Gasteiger partial charge in [-0.15, -0.1) is 0 Å². The SMILES string of the molecule is CC(C)CCC(=O)N1CCC2(CC1)CC(C1CCCC1)=NO2. The van der Waals surface area contributed by atoms with Gasteiger partial charge >= 0.3 is 0 Å². The van der Waals surface area contributed by atoms with Gasteiger partial charge in [0, 0.05) is 44.7 Å². The quantitative estimate of drug-likeness (QED) is 0.794. The highest BCUT2D eigenvalue weighted by atomic mass is 16.7. The Hall–Kier alpha value is -1.06. The van der Waals surface area contributed by atoms with Crippen LogP contribution in [0.5, 0.6) is 0 Å². The van der Waals surface area contributed by atoms with Crippen molar-refractivity contribution < 1.29 is 9.63 Å². The van der Waals surface area contributed by atoms with Crippen LogP contribution in [0.2, 0.25) is 0 Å². The monoisotopic (exact) mass is 306 g/mol. The number of amides is 1. The smallest absolute Gasteiger partial charge is 0.222 e. The van der Waals surface area contributed by atoms with Crippen molar-refractivity contribution in [2.45, 2.75) is 77.2 Å². The van der Waals surface area contributed by atoms with Crippen molar-refractivity contribution in [1.29, 1.82) is 0 Å². The summed E-state index contributed by atoms with van der Waals surface area (Å²) in [6, 6.07) is 0. The Morgan fingerprint density at radius 2 is 2.00 bits per heavy atom. The Balaban J connectivity index is 1.47. The third kappa shape index (κ3) is 3.47. The van der Waals surface area contributed by atoms with Crippen molar-refractivity contribution in [3.8, 4) is 0 Å². The second kappa shape index (κ2) is 6.59. The molecular weight excluding hydrogens is 276 g/mol. The number of hydrogen-bond donors (Lipinski definition) is 0. The molecule has 3 aliphatic rings. The fraction of sp³-hybridized carbons (Fsp3) is 0.889. The number of piperidine rings is 1. The molecule has 1 aliphatic carbocycles. The van der Waals surface area contributed by atoms with Crippen molar-refractivity contribution in [2.24, 2.45) is 17.0 Å². The summed E-state index contributed by atoms with van der Waals surface area (Å²) in [7, 11) is 0. The number of hydrogen-bond acceptors (Lipinski definition) is 3. The number of rotatable bonds is 4. The lowest BCUT2D eigenvalue weighted by Crippen LogP contribution is -2.47. The Kier molecular flexibility index (Phi) is 4.74. The van der Waals surface area contributed by atoms with Gasteiger partial charge in [0.1, 0.15) is 5.60 Å². The summed E-state index contributed by atoms with van der Waals surface area (Å²) in [6.45, 7) is 6.02. The molecule has 1 saturated carbocycles. The van der Waals surface area contributed by atoms with Gasteiger partial charge < -0.3 is 9.74 Å². The molecule has 0 aromatic carbocycles. The van der Waals surface area contributed by atoms with Crippen LogP contribution in [0.1, 0.15) is 71.6 Å². The molecule has 0 atom stereocenters. The van der Waals surface area contributed by atoms with Gasteiger partial charge in [-0.2, -0.15) is 0 Å². The summed E-state index contributed by atoms with van der Waals surface area (Å²) in [5.41, 5.74) is 1.21. The van der Waals surface area contributed by atoms with Crippen molar-refractivity contribution in [3.05, 3.63) is 0 Å². The lowest BCUT2D eigenvalue weighted by Gasteiger charge is -2.37. The van der Waals surface area contributed by atoms with E-state index in [9.17, 15) is 4.79 Å². The van der Waals surface area contributed by atoms with E-state index in [-0.39, 0.29) is 5.60 Å².